The molecule has 6 heteroatoms. The van der Waals surface area contributed by atoms with Gasteiger partial charge >= 0.3 is 5.97 Å². The van der Waals surface area contributed by atoms with Crippen molar-refractivity contribution in [2.75, 3.05) is 19.7 Å². The van der Waals surface area contributed by atoms with E-state index in [1.165, 1.54) is 4.90 Å². The van der Waals surface area contributed by atoms with Crippen LogP contribution in [-0.4, -0.2) is 42.4 Å². The molecule has 152 valence electrons. The van der Waals surface area contributed by atoms with Gasteiger partial charge in [-0.1, -0.05) is 43.7 Å². The maximum atomic E-state index is 12.8. The van der Waals surface area contributed by atoms with Crippen molar-refractivity contribution in [3.05, 3.63) is 46.7 Å². The first-order valence-electron chi connectivity index (χ1n) is 9.76. The van der Waals surface area contributed by atoms with Crippen LogP contribution in [0.25, 0.3) is 0 Å². The van der Waals surface area contributed by atoms with Gasteiger partial charge in [0, 0.05) is 24.6 Å². The molecule has 1 unspecified atom stereocenters. The van der Waals surface area contributed by atoms with Gasteiger partial charge in [0.25, 0.3) is 0 Å². The molecule has 1 atom stereocenters. The van der Waals surface area contributed by atoms with E-state index in [2.05, 4.69) is 5.32 Å². The summed E-state index contributed by atoms with van der Waals surface area (Å²) >= 11 is 0. The van der Waals surface area contributed by atoms with Crippen LogP contribution in [-0.2, 0) is 19.1 Å². The zero-order valence-corrected chi connectivity index (χ0v) is 17.4. The van der Waals surface area contributed by atoms with Crippen LogP contribution in [0.4, 0.5) is 0 Å². The number of rotatable bonds is 7. The van der Waals surface area contributed by atoms with Crippen molar-refractivity contribution < 1.29 is 19.1 Å². The topological polar surface area (TPSA) is 75.7 Å². The number of hydrogen-bond donors (Lipinski definition) is 1. The fourth-order valence-electron chi connectivity index (χ4n) is 3.37. The van der Waals surface area contributed by atoms with Crippen LogP contribution < -0.4 is 5.32 Å². The monoisotopic (exact) mass is 386 g/mol. The lowest BCUT2D eigenvalue weighted by molar-refractivity contribution is -0.141. The van der Waals surface area contributed by atoms with E-state index in [0.29, 0.717) is 23.7 Å². The fraction of sp³-hybridized carbons (Fsp3) is 0.500. The molecule has 6 nitrogen and oxygen atoms in total. The molecule has 0 aromatic heterocycles. The van der Waals surface area contributed by atoms with Crippen molar-refractivity contribution in [3.63, 3.8) is 0 Å². The number of carbonyl (C=O) groups is 3. The van der Waals surface area contributed by atoms with Gasteiger partial charge in [-0.2, -0.15) is 0 Å². The number of benzene rings is 1. The van der Waals surface area contributed by atoms with Gasteiger partial charge in [0.15, 0.2) is 0 Å². The first kappa shape index (κ1) is 21.7. The van der Waals surface area contributed by atoms with Gasteiger partial charge < -0.3 is 15.0 Å². The van der Waals surface area contributed by atoms with Crippen molar-refractivity contribution in [3.8, 4) is 0 Å². The summed E-state index contributed by atoms with van der Waals surface area (Å²) in [6.45, 7) is 10.1. The summed E-state index contributed by atoms with van der Waals surface area (Å²) in [6, 6.07) is 7.79. The Morgan fingerprint density at radius 2 is 2.00 bits per heavy atom. The minimum absolute atomic E-state index is 0.0964. The third kappa shape index (κ3) is 5.21. The number of nitrogens with zero attached hydrogens (tertiary/aromatic N) is 1. The second-order valence-electron chi connectivity index (χ2n) is 7.57. The normalized spacial score (nSPS) is 17.1. The summed E-state index contributed by atoms with van der Waals surface area (Å²) in [5, 5.41) is 2.82. The van der Waals surface area contributed by atoms with Crippen LogP contribution in [0.15, 0.2) is 35.5 Å². The second-order valence-corrected chi connectivity index (χ2v) is 7.57. The highest BCUT2D eigenvalue weighted by atomic mass is 16.5. The van der Waals surface area contributed by atoms with E-state index in [1.54, 1.807) is 13.8 Å². The Hall–Kier alpha value is -2.63. The van der Waals surface area contributed by atoms with E-state index >= 15 is 0 Å². The first-order valence-corrected chi connectivity index (χ1v) is 9.76. The Morgan fingerprint density at radius 3 is 2.61 bits per heavy atom. The molecule has 0 bridgehead atoms. The lowest BCUT2D eigenvalue weighted by atomic mass is 9.83. The molecule has 2 rings (SSSR count). The summed E-state index contributed by atoms with van der Waals surface area (Å²) in [6.07, 6.45) is 0.131. The maximum Gasteiger partial charge on any atom is 0.336 e. The number of carbonyl (C=O) groups excluding carboxylic acids is 3. The molecule has 2 amide bonds. The molecular formula is C22H30N2O4. The number of ether oxygens (including phenoxy) is 1. The SMILES string of the molecule is CCOC(=O)C1=C(C)N(CC(=O)NCC(C)C)C(=O)CC1c1cccc(C)c1. The van der Waals surface area contributed by atoms with Crippen LogP contribution in [0.5, 0.6) is 0 Å². The molecule has 1 aliphatic heterocycles. The second kappa shape index (κ2) is 9.53. The number of aryl methyl sites for hydroxylation is 1. The van der Waals surface area contributed by atoms with Crippen LogP contribution in [0.3, 0.4) is 0 Å². The number of nitrogens with one attached hydrogen (secondary N) is 1. The highest BCUT2D eigenvalue weighted by Crippen LogP contribution is 2.37. The summed E-state index contributed by atoms with van der Waals surface area (Å²) in [7, 11) is 0. The quantitative estimate of drug-likeness (QED) is 0.731. The number of amides is 2. The van der Waals surface area contributed by atoms with Gasteiger partial charge in [-0.3, -0.25) is 9.59 Å². The molecule has 0 saturated carbocycles. The van der Waals surface area contributed by atoms with Crippen LogP contribution >= 0.6 is 0 Å². The van der Waals surface area contributed by atoms with E-state index in [1.807, 2.05) is 45.0 Å². The average molecular weight is 386 g/mol. The molecule has 1 N–H and O–H groups in total. The van der Waals surface area contributed by atoms with Crippen molar-refractivity contribution in [1.29, 1.82) is 0 Å². The molecule has 1 aliphatic rings. The minimum Gasteiger partial charge on any atom is -0.463 e. The number of allylic oxidation sites excluding steroid dienone is 1. The summed E-state index contributed by atoms with van der Waals surface area (Å²) in [4.78, 5) is 39.2. The molecular weight excluding hydrogens is 356 g/mol. The van der Waals surface area contributed by atoms with Gasteiger partial charge in [0.05, 0.1) is 12.2 Å². The Balaban J connectivity index is 2.38. The van der Waals surface area contributed by atoms with Gasteiger partial charge in [-0.15, -0.1) is 0 Å². The van der Waals surface area contributed by atoms with Gasteiger partial charge in [0.1, 0.15) is 6.54 Å². The van der Waals surface area contributed by atoms with E-state index < -0.39 is 5.97 Å². The summed E-state index contributed by atoms with van der Waals surface area (Å²) in [5.74, 6) is -0.901. The molecule has 0 spiro atoms. The highest BCUT2D eigenvalue weighted by Gasteiger charge is 2.37. The average Bonchev–Trinajstić information content (AvgIpc) is 2.63. The van der Waals surface area contributed by atoms with Crippen molar-refractivity contribution in [2.45, 2.75) is 47.0 Å². The van der Waals surface area contributed by atoms with E-state index in [-0.39, 0.29) is 37.3 Å². The molecule has 1 aromatic rings. The van der Waals surface area contributed by atoms with E-state index in [0.717, 1.165) is 11.1 Å². The zero-order valence-electron chi connectivity index (χ0n) is 17.4. The molecule has 0 saturated heterocycles. The minimum atomic E-state index is -0.438. The number of hydrogen-bond acceptors (Lipinski definition) is 4. The third-order valence-electron chi connectivity index (χ3n) is 4.77. The molecule has 0 fully saturated rings. The fourth-order valence-corrected chi connectivity index (χ4v) is 3.37. The standard InChI is InChI=1S/C22H30N2O4/c1-6-28-22(27)21-16(5)24(13-19(25)23-12-14(2)3)20(26)11-18(21)17-9-7-8-15(4)10-17/h7-10,14,18H,6,11-13H2,1-5H3,(H,23,25). The van der Waals surface area contributed by atoms with E-state index in [4.69, 9.17) is 4.74 Å². The van der Waals surface area contributed by atoms with Gasteiger partial charge in [-0.05, 0) is 32.3 Å². The summed E-state index contributed by atoms with van der Waals surface area (Å²) in [5.41, 5.74) is 2.89. The van der Waals surface area contributed by atoms with Crippen LogP contribution in [0.1, 0.15) is 51.2 Å². The first-order chi connectivity index (χ1) is 13.2. The largest absolute Gasteiger partial charge is 0.463 e. The van der Waals surface area contributed by atoms with Crippen molar-refractivity contribution >= 4 is 17.8 Å². The lowest BCUT2D eigenvalue weighted by Crippen LogP contribution is -2.44. The third-order valence-corrected chi connectivity index (χ3v) is 4.77. The molecule has 0 radical (unpaired) electrons. The smallest absolute Gasteiger partial charge is 0.336 e. The zero-order chi connectivity index (χ0) is 20.8. The summed E-state index contributed by atoms with van der Waals surface area (Å²) < 4.78 is 5.27. The Bertz CT molecular complexity index is 782. The van der Waals surface area contributed by atoms with Crippen LogP contribution in [0.2, 0.25) is 0 Å². The molecule has 1 aromatic carbocycles. The Labute approximate surface area is 166 Å². The molecule has 0 aliphatic carbocycles. The van der Waals surface area contributed by atoms with Crippen molar-refractivity contribution in [2.24, 2.45) is 5.92 Å². The lowest BCUT2D eigenvalue weighted by Gasteiger charge is -2.34. The Morgan fingerprint density at radius 1 is 1.29 bits per heavy atom. The predicted molar refractivity (Wildman–Crippen MR) is 107 cm³/mol. The van der Waals surface area contributed by atoms with Gasteiger partial charge in [0.2, 0.25) is 11.8 Å². The van der Waals surface area contributed by atoms with E-state index in [9.17, 15) is 14.4 Å². The molecule has 28 heavy (non-hydrogen) atoms. The van der Waals surface area contributed by atoms with Crippen LogP contribution in [0, 0.1) is 12.8 Å². The highest BCUT2D eigenvalue weighted by molar-refractivity contribution is 5.97. The molecule has 1 heterocycles. The van der Waals surface area contributed by atoms with Crippen molar-refractivity contribution in [1.82, 2.24) is 10.2 Å². The Kier molecular flexibility index (Phi) is 7.38. The maximum absolute atomic E-state index is 12.8. The number of esters is 1. The predicted octanol–water partition coefficient (Wildman–Crippen LogP) is 2.92. The van der Waals surface area contributed by atoms with Gasteiger partial charge in [-0.25, -0.2) is 4.79 Å².